The molecule has 2 nitrogen and oxygen atoms in total. The molecule has 0 amide bonds. The second-order valence-electron chi connectivity index (χ2n) is 3.75. The van der Waals surface area contributed by atoms with E-state index in [1.807, 2.05) is 24.3 Å². The summed E-state index contributed by atoms with van der Waals surface area (Å²) in [5.41, 5.74) is 2.18. The first-order chi connectivity index (χ1) is 8.06. The van der Waals surface area contributed by atoms with E-state index in [1.54, 1.807) is 12.1 Å². The summed E-state index contributed by atoms with van der Waals surface area (Å²) >= 11 is 6.57. The molecule has 0 aliphatic carbocycles. The van der Waals surface area contributed by atoms with Gasteiger partial charge in [0.1, 0.15) is 11.5 Å². The van der Waals surface area contributed by atoms with Crippen LogP contribution in [0.25, 0.3) is 0 Å². The van der Waals surface area contributed by atoms with Crippen molar-refractivity contribution in [2.24, 2.45) is 0 Å². The number of hydrogen-bond donors (Lipinski definition) is 2. The van der Waals surface area contributed by atoms with Gasteiger partial charge in [-0.05, 0) is 73.7 Å². The van der Waals surface area contributed by atoms with Crippen molar-refractivity contribution in [3.8, 4) is 11.5 Å². The van der Waals surface area contributed by atoms with Crippen LogP contribution in [-0.4, -0.2) is 10.2 Å². The van der Waals surface area contributed by atoms with Crippen LogP contribution in [0.5, 0.6) is 11.5 Å². The van der Waals surface area contributed by atoms with Crippen molar-refractivity contribution >= 4 is 31.9 Å². The molecule has 0 saturated heterocycles. The van der Waals surface area contributed by atoms with E-state index in [9.17, 15) is 10.2 Å². The number of halogens is 2. The summed E-state index contributed by atoms with van der Waals surface area (Å²) in [5.74, 6) is 0.473. The van der Waals surface area contributed by atoms with Crippen molar-refractivity contribution < 1.29 is 10.2 Å². The maximum Gasteiger partial charge on any atom is 0.129 e. The standard InChI is InChI=1S/C13H10Br2O2/c14-10-6-8(1-3-12(10)16)5-9-2-4-13(17)11(15)7-9/h1-4,6-7,16-17H,5H2. The summed E-state index contributed by atoms with van der Waals surface area (Å²) in [6.07, 6.45) is 0.748. The second-order valence-corrected chi connectivity index (χ2v) is 5.46. The van der Waals surface area contributed by atoms with E-state index in [0.717, 1.165) is 17.5 Å². The molecule has 2 rings (SSSR count). The van der Waals surface area contributed by atoms with Crippen molar-refractivity contribution in [3.63, 3.8) is 0 Å². The van der Waals surface area contributed by atoms with Crippen molar-refractivity contribution in [2.75, 3.05) is 0 Å². The monoisotopic (exact) mass is 356 g/mol. The first kappa shape index (κ1) is 12.5. The van der Waals surface area contributed by atoms with Gasteiger partial charge in [0.2, 0.25) is 0 Å². The van der Waals surface area contributed by atoms with E-state index in [1.165, 1.54) is 0 Å². The highest BCUT2D eigenvalue weighted by molar-refractivity contribution is 9.10. The van der Waals surface area contributed by atoms with Gasteiger partial charge < -0.3 is 10.2 Å². The SMILES string of the molecule is Oc1ccc(Cc2ccc(O)c(Br)c2)cc1Br. The van der Waals surface area contributed by atoms with E-state index in [-0.39, 0.29) is 11.5 Å². The zero-order valence-electron chi connectivity index (χ0n) is 8.82. The molecule has 0 atom stereocenters. The molecule has 0 heterocycles. The molecule has 0 saturated carbocycles. The molecule has 2 aromatic carbocycles. The highest BCUT2D eigenvalue weighted by atomic mass is 79.9. The fraction of sp³-hybridized carbons (Fsp3) is 0.0769. The third-order valence-corrected chi connectivity index (χ3v) is 3.70. The molecule has 0 spiro atoms. The summed E-state index contributed by atoms with van der Waals surface area (Å²) in [4.78, 5) is 0. The highest BCUT2D eigenvalue weighted by Gasteiger charge is 2.03. The lowest BCUT2D eigenvalue weighted by Crippen LogP contribution is -1.88. The summed E-state index contributed by atoms with van der Waals surface area (Å²) in [7, 11) is 0. The Balaban J connectivity index is 2.25. The van der Waals surface area contributed by atoms with Gasteiger partial charge in [0.15, 0.2) is 0 Å². The molecule has 0 aliphatic heterocycles. The van der Waals surface area contributed by atoms with Crippen LogP contribution in [0.4, 0.5) is 0 Å². The minimum atomic E-state index is 0.237. The second kappa shape index (κ2) is 5.10. The highest BCUT2D eigenvalue weighted by Crippen LogP contribution is 2.28. The predicted octanol–water partition coefficient (Wildman–Crippen LogP) is 4.21. The fourth-order valence-electron chi connectivity index (χ4n) is 1.56. The average Bonchev–Trinajstić information content (AvgIpc) is 2.29. The number of benzene rings is 2. The number of phenolic OH excluding ortho intramolecular Hbond substituents is 2. The Hall–Kier alpha value is -1.00. The minimum Gasteiger partial charge on any atom is -0.507 e. The largest absolute Gasteiger partial charge is 0.507 e. The quantitative estimate of drug-likeness (QED) is 0.845. The van der Waals surface area contributed by atoms with E-state index in [4.69, 9.17) is 0 Å². The Morgan fingerprint density at radius 2 is 1.18 bits per heavy atom. The third-order valence-electron chi connectivity index (χ3n) is 2.43. The van der Waals surface area contributed by atoms with Crippen molar-refractivity contribution in [1.29, 1.82) is 0 Å². The summed E-state index contributed by atoms with van der Waals surface area (Å²) in [5, 5.41) is 18.8. The molecule has 0 aliphatic rings. The van der Waals surface area contributed by atoms with E-state index >= 15 is 0 Å². The van der Waals surface area contributed by atoms with Crippen LogP contribution in [0.3, 0.4) is 0 Å². The number of rotatable bonds is 2. The Morgan fingerprint density at radius 1 is 0.765 bits per heavy atom. The lowest BCUT2D eigenvalue weighted by molar-refractivity contribution is 0.471. The van der Waals surface area contributed by atoms with Crippen LogP contribution in [-0.2, 0) is 6.42 Å². The van der Waals surface area contributed by atoms with Crippen LogP contribution in [0.1, 0.15) is 11.1 Å². The molecule has 0 aromatic heterocycles. The van der Waals surface area contributed by atoms with E-state index in [0.29, 0.717) is 8.95 Å². The molecular formula is C13H10Br2O2. The van der Waals surface area contributed by atoms with Crippen molar-refractivity contribution in [1.82, 2.24) is 0 Å². The average molecular weight is 358 g/mol. The van der Waals surface area contributed by atoms with Crippen LogP contribution in [0.2, 0.25) is 0 Å². The van der Waals surface area contributed by atoms with Crippen LogP contribution in [0, 0.1) is 0 Å². The first-order valence-electron chi connectivity index (χ1n) is 5.01. The molecule has 2 aromatic rings. The molecule has 4 heteroatoms. The Morgan fingerprint density at radius 3 is 1.53 bits per heavy atom. The summed E-state index contributed by atoms with van der Waals surface area (Å²) in [6, 6.07) is 10.8. The van der Waals surface area contributed by atoms with Gasteiger partial charge in [0.25, 0.3) is 0 Å². The van der Waals surface area contributed by atoms with Gasteiger partial charge in [0, 0.05) is 0 Å². The molecule has 0 radical (unpaired) electrons. The van der Waals surface area contributed by atoms with Crippen LogP contribution >= 0.6 is 31.9 Å². The van der Waals surface area contributed by atoms with Crippen molar-refractivity contribution in [3.05, 3.63) is 56.5 Å². The molecule has 0 unspecified atom stereocenters. The van der Waals surface area contributed by atoms with E-state index in [2.05, 4.69) is 31.9 Å². The number of aromatic hydroxyl groups is 2. The number of hydrogen-bond acceptors (Lipinski definition) is 2. The Bertz CT molecular complexity index is 504. The Kier molecular flexibility index (Phi) is 3.74. The normalized spacial score (nSPS) is 10.5. The van der Waals surface area contributed by atoms with Gasteiger partial charge in [-0.15, -0.1) is 0 Å². The molecule has 88 valence electrons. The lowest BCUT2D eigenvalue weighted by atomic mass is 10.0. The smallest absolute Gasteiger partial charge is 0.129 e. The van der Waals surface area contributed by atoms with Crippen LogP contribution in [0.15, 0.2) is 45.3 Å². The topological polar surface area (TPSA) is 40.5 Å². The molecule has 0 bridgehead atoms. The van der Waals surface area contributed by atoms with Gasteiger partial charge in [-0.2, -0.15) is 0 Å². The molecule has 0 fully saturated rings. The molecular weight excluding hydrogens is 348 g/mol. The number of phenols is 2. The van der Waals surface area contributed by atoms with Gasteiger partial charge in [-0.25, -0.2) is 0 Å². The maximum absolute atomic E-state index is 9.40. The summed E-state index contributed by atoms with van der Waals surface area (Å²) in [6.45, 7) is 0. The maximum atomic E-state index is 9.40. The summed E-state index contributed by atoms with van der Waals surface area (Å²) < 4.78 is 1.38. The van der Waals surface area contributed by atoms with Gasteiger partial charge >= 0.3 is 0 Å². The van der Waals surface area contributed by atoms with E-state index < -0.39 is 0 Å². The van der Waals surface area contributed by atoms with Crippen LogP contribution < -0.4 is 0 Å². The van der Waals surface area contributed by atoms with Gasteiger partial charge in [-0.3, -0.25) is 0 Å². The predicted molar refractivity (Wildman–Crippen MR) is 74.4 cm³/mol. The molecule has 2 N–H and O–H groups in total. The Labute approximate surface area is 116 Å². The van der Waals surface area contributed by atoms with Gasteiger partial charge in [0.05, 0.1) is 8.95 Å². The fourth-order valence-corrected chi connectivity index (χ4v) is 2.41. The van der Waals surface area contributed by atoms with Gasteiger partial charge in [-0.1, -0.05) is 12.1 Å². The zero-order chi connectivity index (χ0) is 12.4. The zero-order valence-corrected chi connectivity index (χ0v) is 12.0. The van der Waals surface area contributed by atoms with Crippen molar-refractivity contribution in [2.45, 2.75) is 6.42 Å². The minimum absolute atomic E-state index is 0.237. The first-order valence-corrected chi connectivity index (χ1v) is 6.59. The third kappa shape index (κ3) is 3.01. The molecule has 17 heavy (non-hydrogen) atoms. The lowest BCUT2D eigenvalue weighted by Gasteiger charge is -2.05.